The Balaban J connectivity index is 1.78. The van der Waals surface area contributed by atoms with Gasteiger partial charge in [-0.15, -0.1) is 0 Å². The van der Waals surface area contributed by atoms with Crippen molar-refractivity contribution in [1.29, 1.82) is 0 Å². The third-order valence-electron chi connectivity index (χ3n) is 4.69. The highest BCUT2D eigenvalue weighted by Crippen LogP contribution is 2.31. The minimum absolute atomic E-state index is 0.744. The molecule has 102 valence electrons. The summed E-state index contributed by atoms with van der Waals surface area (Å²) in [6.07, 6.45) is 10.5. The molecule has 0 aromatic heterocycles. The number of nitrogens with zero attached hydrogens (tertiary/aromatic N) is 1. The lowest BCUT2D eigenvalue weighted by atomic mass is 9.86. The number of rotatable bonds is 3. The van der Waals surface area contributed by atoms with Gasteiger partial charge in [-0.1, -0.05) is 49.3 Å². The number of aryl methyl sites for hydroxylation is 1. The van der Waals surface area contributed by atoms with Crippen LogP contribution in [0.15, 0.2) is 29.8 Å². The van der Waals surface area contributed by atoms with Crippen molar-refractivity contribution in [1.82, 2.24) is 4.90 Å². The summed E-state index contributed by atoms with van der Waals surface area (Å²) < 4.78 is 0. The van der Waals surface area contributed by atoms with Gasteiger partial charge < -0.3 is 0 Å². The molecule has 1 aromatic carbocycles. The lowest BCUT2D eigenvalue weighted by molar-refractivity contribution is 0.121. The monoisotopic (exact) mass is 255 g/mol. The molecule has 0 N–H and O–H groups in total. The number of hydrogen-bond donors (Lipinski definition) is 0. The van der Waals surface area contributed by atoms with Crippen molar-refractivity contribution < 1.29 is 0 Å². The first-order chi connectivity index (χ1) is 9.36. The molecule has 1 saturated heterocycles. The Kier molecular flexibility index (Phi) is 4.03. The lowest BCUT2D eigenvalue weighted by Crippen LogP contribution is -2.46. The third-order valence-corrected chi connectivity index (χ3v) is 4.69. The van der Waals surface area contributed by atoms with Crippen molar-refractivity contribution in [3.63, 3.8) is 0 Å². The van der Waals surface area contributed by atoms with Crippen molar-refractivity contribution in [2.75, 3.05) is 13.1 Å². The topological polar surface area (TPSA) is 3.24 Å². The molecule has 1 aromatic rings. The second kappa shape index (κ2) is 5.92. The molecule has 0 bridgehead atoms. The smallest absolute Gasteiger partial charge is 0.0310 e. The Morgan fingerprint density at radius 2 is 1.89 bits per heavy atom. The maximum Gasteiger partial charge on any atom is 0.0310 e. The largest absolute Gasteiger partial charge is 0.297 e. The maximum absolute atomic E-state index is 2.67. The molecule has 1 aliphatic heterocycles. The van der Waals surface area contributed by atoms with Crippen molar-refractivity contribution in [2.45, 2.75) is 51.5 Å². The first-order valence-electron chi connectivity index (χ1n) is 7.90. The highest BCUT2D eigenvalue weighted by Gasteiger charge is 2.28. The number of benzene rings is 1. The molecule has 19 heavy (non-hydrogen) atoms. The molecule has 0 amide bonds. The van der Waals surface area contributed by atoms with Crippen LogP contribution < -0.4 is 0 Å². The normalized spacial score (nSPS) is 26.4. The van der Waals surface area contributed by atoms with Crippen molar-refractivity contribution in [3.05, 3.63) is 41.0 Å². The summed E-state index contributed by atoms with van der Waals surface area (Å²) in [4.78, 5) is 2.67. The predicted molar refractivity (Wildman–Crippen MR) is 82.2 cm³/mol. The van der Waals surface area contributed by atoms with Crippen LogP contribution in [0.4, 0.5) is 0 Å². The van der Waals surface area contributed by atoms with Crippen LogP contribution in [0.5, 0.6) is 0 Å². The zero-order valence-corrected chi connectivity index (χ0v) is 12.1. The van der Waals surface area contributed by atoms with Crippen LogP contribution in [0.2, 0.25) is 0 Å². The van der Waals surface area contributed by atoms with Crippen LogP contribution in [0.1, 0.15) is 50.2 Å². The molecular formula is C18H25N. The Morgan fingerprint density at radius 1 is 1.11 bits per heavy atom. The van der Waals surface area contributed by atoms with Gasteiger partial charge in [-0.3, -0.25) is 4.90 Å². The van der Waals surface area contributed by atoms with Crippen LogP contribution >= 0.6 is 0 Å². The van der Waals surface area contributed by atoms with Crippen LogP contribution in [0.3, 0.4) is 0 Å². The second-order valence-corrected chi connectivity index (χ2v) is 5.97. The second-order valence-electron chi connectivity index (χ2n) is 5.97. The molecule has 1 heterocycles. The Morgan fingerprint density at radius 3 is 2.53 bits per heavy atom. The van der Waals surface area contributed by atoms with Gasteiger partial charge in [0.15, 0.2) is 0 Å². The molecule has 1 saturated carbocycles. The van der Waals surface area contributed by atoms with E-state index in [0.29, 0.717) is 0 Å². The molecule has 0 spiro atoms. The van der Waals surface area contributed by atoms with E-state index in [9.17, 15) is 0 Å². The highest BCUT2D eigenvalue weighted by molar-refractivity contribution is 5.55. The third kappa shape index (κ3) is 2.92. The van der Waals surface area contributed by atoms with E-state index in [1.165, 1.54) is 56.3 Å². The first kappa shape index (κ1) is 12.9. The first-order valence-corrected chi connectivity index (χ1v) is 7.90. The molecule has 1 atom stereocenters. The molecule has 2 fully saturated rings. The number of hydrogen-bond acceptors (Lipinski definition) is 1. The van der Waals surface area contributed by atoms with E-state index < -0.39 is 0 Å². The summed E-state index contributed by atoms with van der Waals surface area (Å²) in [6.45, 7) is 4.85. The summed E-state index contributed by atoms with van der Waals surface area (Å²) in [5.41, 5.74) is 4.50. The molecule has 1 aliphatic carbocycles. The Labute approximate surface area is 117 Å². The van der Waals surface area contributed by atoms with Crippen LogP contribution in [-0.2, 0) is 6.42 Å². The van der Waals surface area contributed by atoms with Gasteiger partial charge in [0.05, 0.1) is 0 Å². The zero-order valence-electron chi connectivity index (χ0n) is 12.1. The van der Waals surface area contributed by atoms with Gasteiger partial charge in [0, 0.05) is 6.04 Å². The van der Waals surface area contributed by atoms with E-state index in [1.807, 2.05) is 0 Å². The van der Waals surface area contributed by atoms with Gasteiger partial charge in [0.1, 0.15) is 0 Å². The predicted octanol–water partition coefficient (Wildman–Crippen LogP) is 4.28. The lowest BCUT2D eigenvalue weighted by Gasteiger charge is -2.42. The minimum Gasteiger partial charge on any atom is -0.297 e. The molecule has 3 rings (SSSR count). The van der Waals surface area contributed by atoms with Crippen LogP contribution in [0, 0.1) is 0 Å². The van der Waals surface area contributed by atoms with E-state index in [4.69, 9.17) is 0 Å². The van der Waals surface area contributed by atoms with Gasteiger partial charge in [0.25, 0.3) is 0 Å². The van der Waals surface area contributed by atoms with Gasteiger partial charge >= 0.3 is 0 Å². The van der Waals surface area contributed by atoms with Crippen molar-refractivity contribution >= 4 is 6.08 Å². The van der Waals surface area contributed by atoms with Crippen LogP contribution in [-0.4, -0.2) is 24.0 Å². The Hall–Kier alpha value is -1.08. The average molecular weight is 255 g/mol. The van der Waals surface area contributed by atoms with Crippen LogP contribution in [0.25, 0.3) is 6.08 Å². The summed E-state index contributed by atoms with van der Waals surface area (Å²) >= 11 is 0. The molecule has 2 aliphatic rings. The fourth-order valence-electron chi connectivity index (χ4n) is 3.32. The van der Waals surface area contributed by atoms with Gasteiger partial charge in [-0.25, -0.2) is 0 Å². The standard InChI is InChI=1S/C18H25N/c1-2-15-8-10-16(11-9-15)14-17-6-3-4-7-18(17)19-12-5-13-19/h8-11,14,18H,2-7,12-13H2,1H3/b17-14-. The van der Waals surface area contributed by atoms with E-state index in [1.54, 1.807) is 5.57 Å². The fraction of sp³-hybridized carbons (Fsp3) is 0.556. The average Bonchev–Trinajstić information content (AvgIpc) is 2.40. The van der Waals surface area contributed by atoms with Gasteiger partial charge in [-0.2, -0.15) is 0 Å². The fourth-order valence-corrected chi connectivity index (χ4v) is 3.32. The molecule has 1 unspecified atom stereocenters. The SMILES string of the molecule is CCc1ccc(/C=C2/CCCCC2N2CCC2)cc1. The summed E-state index contributed by atoms with van der Waals surface area (Å²) in [7, 11) is 0. The van der Waals surface area contributed by atoms with Crippen molar-refractivity contribution in [3.8, 4) is 0 Å². The van der Waals surface area contributed by atoms with E-state index in [0.717, 1.165) is 12.5 Å². The van der Waals surface area contributed by atoms with E-state index in [2.05, 4.69) is 42.2 Å². The zero-order chi connectivity index (χ0) is 13.1. The quantitative estimate of drug-likeness (QED) is 0.779. The molecule has 0 radical (unpaired) electrons. The summed E-state index contributed by atoms with van der Waals surface area (Å²) in [6, 6.07) is 9.86. The van der Waals surface area contributed by atoms with Gasteiger partial charge in [0.2, 0.25) is 0 Å². The highest BCUT2D eigenvalue weighted by atomic mass is 15.2. The van der Waals surface area contributed by atoms with Crippen molar-refractivity contribution in [2.24, 2.45) is 0 Å². The van der Waals surface area contributed by atoms with E-state index >= 15 is 0 Å². The summed E-state index contributed by atoms with van der Waals surface area (Å²) in [5, 5.41) is 0. The van der Waals surface area contributed by atoms with Gasteiger partial charge in [-0.05, 0) is 56.3 Å². The van der Waals surface area contributed by atoms with E-state index in [-0.39, 0.29) is 0 Å². The summed E-state index contributed by atoms with van der Waals surface area (Å²) in [5.74, 6) is 0. The molecule has 1 nitrogen and oxygen atoms in total. The molecular weight excluding hydrogens is 230 g/mol. The Bertz CT molecular complexity index is 439. The maximum atomic E-state index is 2.67. The molecule has 1 heteroatoms. The minimum atomic E-state index is 0.744. The number of likely N-dealkylation sites (tertiary alicyclic amines) is 1.